The Morgan fingerprint density at radius 2 is 1.05 bits per heavy atom. The Labute approximate surface area is 250 Å². The molecule has 2 aromatic heterocycles. The second kappa shape index (κ2) is 11.0. The second-order valence-electron chi connectivity index (χ2n) is 11.0. The zero-order chi connectivity index (χ0) is 29.3. The molecule has 5 aromatic carbocycles. The highest BCUT2D eigenvalue weighted by Gasteiger charge is 2.14. The predicted molar refractivity (Wildman–Crippen MR) is 178 cm³/mol. The van der Waals surface area contributed by atoms with Gasteiger partial charge in [0, 0.05) is 53.9 Å². The first-order valence-corrected chi connectivity index (χ1v) is 14.4. The van der Waals surface area contributed by atoms with Crippen molar-refractivity contribution in [3.05, 3.63) is 151 Å². The maximum atomic E-state index is 8.90. The van der Waals surface area contributed by atoms with Crippen LogP contribution >= 0.6 is 0 Å². The highest BCUT2D eigenvalue weighted by atomic mass is 15.0. The molecule has 7 rings (SSSR count). The lowest BCUT2D eigenvalue weighted by Gasteiger charge is -2.09. The number of aromatic nitrogens is 2. The first kappa shape index (κ1) is 26.4. The van der Waals surface area contributed by atoms with E-state index >= 15 is 0 Å². The summed E-state index contributed by atoms with van der Waals surface area (Å²) in [5.41, 5.74) is 9.81. The van der Waals surface area contributed by atoms with Gasteiger partial charge in [0.15, 0.2) is 5.84 Å². The number of para-hydroxylation sites is 1. The molecule has 0 bridgehead atoms. The Morgan fingerprint density at radius 3 is 1.58 bits per heavy atom. The number of rotatable bonds is 5. The van der Waals surface area contributed by atoms with Crippen LogP contribution in [0.1, 0.15) is 11.1 Å². The summed E-state index contributed by atoms with van der Waals surface area (Å²) < 4.78 is 4.26. The van der Waals surface area contributed by atoms with Crippen molar-refractivity contribution in [2.45, 2.75) is 0 Å². The Hall–Kier alpha value is -5.52. The Bertz CT molecular complexity index is 2110. The molecule has 0 saturated carbocycles. The summed E-state index contributed by atoms with van der Waals surface area (Å²) in [6, 6.07) is 44.1. The average molecular weight is 559 g/mol. The van der Waals surface area contributed by atoms with Crippen molar-refractivity contribution < 1.29 is 5.32 Å². The molecule has 0 amide bonds. The zero-order valence-corrected chi connectivity index (χ0v) is 24.2. The predicted octanol–water partition coefficient (Wildman–Crippen LogP) is 7.67. The summed E-state index contributed by atoms with van der Waals surface area (Å²) in [6.07, 6.45) is 4.17. The fraction of sp³-hybridized carbons (Fsp3) is 0.0526. The summed E-state index contributed by atoms with van der Waals surface area (Å²) in [6.45, 7) is 0. The fourth-order valence-electron chi connectivity index (χ4n) is 5.65. The zero-order valence-electron chi connectivity index (χ0n) is 24.2. The van der Waals surface area contributed by atoms with Gasteiger partial charge in [-0.3, -0.25) is 10.7 Å². The van der Waals surface area contributed by atoms with E-state index < -0.39 is 0 Å². The van der Waals surface area contributed by atoms with Crippen molar-refractivity contribution in [2.24, 2.45) is 19.1 Å². The fourth-order valence-corrected chi connectivity index (χ4v) is 5.65. The molecule has 208 valence electrons. The van der Waals surface area contributed by atoms with E-state index in [1.165, 1.54) is 27.4 Å². The third-order valence-electron chi connectivity index (χ3n) is 8.11. The standard InChI is InChI=1S/C38H31N5/c1-42-22-20-32-24-30(16-18-35(32)42)26-8-12-28(13-9-26)37(39)41-38(40-34-6-4-3-5-7-34)29-14-10-27(11-15-29)31-17-19-36-33(25-31)21-23-43(36)2/h3-25H,1-2H3,(H2,39,40,41)/p+1. The summed E-state index contributed by atoms with van der Waals surface area (Å²) in [4.78, 5) is 4.84. The lowest BCUT2D eigenvalue weighted by atomic mass is 10.0. The van der Waals surface area contributed by atoms with Crippen molar-refractivity contribution in [2.75, 3.05) is 0 Å². The van der Waals surface area contributed by atoms with E-state index in [0.717, 1.165) is 39.3 Å². The number of hydrogen-bond donors (Lipinski definition) is 2. The molecule has 3 N–H and O–H groups in total. The van der Waals surface area contributed by atoms with Crippen LogP contribution < -0.4 is 5.32 Å². The van der Waals surface area contributed by atoms with Crippen LogP contribution in [0.2, 0.25) is 0 Å². The number of fused-ring (bicyclic) bond motifs is 2. The number of nitrogens with two attached hydrogens (primary N) is 1. The highest BCUT2D eigenvalue weighted by Crippen LogP contribution is 2.27. The van der Waals surface area contributed by atoms with Gasteiger partial charge in [-0.15, -0.1) is 0 Å². The monoisotopic (exact) mass is 558 g/mol. The molecule has 0 radical (unpaired) electrons. The molecule has 2 heterocycles. The minimum Gasteiger partial charge on any atom is -0.351 e. The molecular formula is C38H32N5+. The molecule has 43 heavy (non-hydrogen) atoms. The van der Waals surface area contributed by atoms with Crippen LogP contribution in [-0.4, -0.2) is 20.8 Å². The molecule has 0 atom stereocenters. The molecule has 0 saturated heterocycles. The molecule has 5 heteroatoms. The molecule has 0 fully saturated rings. The van der Waals surface area contributed by atoms with Gasteiger partial charge in [0.05, 0.1) is 5.56 Å². The number of amidine groups is 2. The van der Waals surface area contributed by atoms with E-state index in [1.807, 2.05) is 35.6 Å². The minimum absolute atomic E-state index is 0.228. The average Bonchev–Trinajstić information content (AvgIpc) is 3.62. The van der Waals surface area contributed by atoms with Gasteiger partial charge in [-0.2, -0.15) is 4.99 Å². The van der Waals surface area contributed by atoms with Gasteiger partial charge in [-0.05, 0) is 82.9 Å². The van der Waals surface area contributed by atoms with Crippen molar-refractivity contribution in [1.29, 1.82) is 5.41 Å². The van der Waals surface area contributed by atoms with Crippen LogP contribution in [0.3, 0.4) is 0 Å². The SMILES string of the molecule is Cn1ccc2cc(-c3ccc(C(=N)N=C([NH2+]c4ccccc4)c4ccc(-c5ccc6c(ccn6C)c5)cc4)cc3)ccc21. The molecule has 0 spiro atoms. The highest BCUT2D eigenvalue weighted by molar-refractivity contribution is 6.07. The summed E-state index contributed by atoms with van der Waals surface area (Å²) in [7, 11) is 4.13. The van der Waals surface area contributed by atoms with Crippen LogP contribution in [0.15, 0.2) is 145 Å². The normalized spacial score (nSPS) is 11.8. The van der Waals surface area contributed by atoms with Gasteiger partial charge in [-0.1, -0.05) is 66.7 Å². The summed E-state index contributed by atoms with van der Waals surface area (Å²) >= 11 is 0. The smallest absolute Gasteiger partial charge is 0.238 e. The lowest BCUT2D eigenvalue weighted by molar-refractivity contribution is -0.442. The van der Waals surface area contributed by atoms with Crippen LogP contribution in [0.5, 0.6) is 0 Å². The topological polar surface area (TPSA) is 62.7 Å². The van der Waals surface area contributed by atoms with Crippen molar-refractivity contribution in [3.63, 3.8) is 0 Å². The van der Waals surface area contributed by atoms with Gasteiger partial charge in [0.1, 0.15) is 5.69 Å². The number of nitrogens with one attached hydrogen (secondary N) is 1. The summed E-state index contributed by atoms with van der Waals surface area (Å²) in [5, 5.41) is 13.4. The van der Waals surface area contributed by atoms with Gasteiger partial charge in [0.25, 0.3) is 0 Å². The van der Waals surface area contributed by atoms with E-state index in [4.69, 9.17) is 10.4 Å². The van der Waals surface area contributed by atoms with Crippen LogP contribution in [0.4, 0.5) is 5.69 Å². The summed E-state index contributed by atoms with van der Waals surface area (Å²) in [5.74, 6) is 0.978. The minimum atomic E-state index is 0.228. The van der Waals surface area contributed by atoms with Crippen molar-refractivity contribution in [3.8, 4) is 22.3 Å². The molecule has 0 aliphatic rings. The quantitative estimate of drug-likeness (QED) is 0.124. The Morgan fingerprint density at radius 1 is 0.558 bits per heavy atom. The van der Waals surface area contributed by atoms with Crippen LogP contribution in [0, 0.1) is 5.41 Å². The van der Waals surface area contributed by atoms with Crippen molar-refractivity contribution in [1.82, 2.24) is 9.13 Å². The molecular weight excluding hydrogens is 526 g/mol. The number of quaternary nitrogens is 1. The van der Waals surface area contributed by atoms with E-state index in [2.05, 4.69) is 133 Å². The first-order valence-electron chi connectivity index (χ1n) is 14.4. The number of aryl methyl sites for hydroxylation is 2. The molecule has 0 aliphatic carbocycles. The number of aliphatic imine (C=N–C) groups is 1. The van der Waals surface area contributed by atoms with E-state index in [1.54, 1.807) is 0 Å². The van der Waals surface area contributed by atoms with Crippen LogP contribution in [0.25, 0.3) is 44.1 Å². The Balaban J connectivity index is 1.17. The van der Waals surface area contributed by atoms with Gasteiger partial charge in [0.2, 0.25) is 5.84 Å². The maximum Gasteiger partial charge on any atom is 0.238 e. The van der Waals surface area contributed by atoms with Crippen molar-refractivity contribution >= 4 is 39.2 Å². The maximum absolute atomic E-state index is 8.90. The Kier molecular flexibility index (Phi) is 6.78. The number of nitrogens with zero attached hydrogens (tertiary/aromatic N) is 3. The van der Waals surface area contributed by atoms with Gasteiger partial charge >= 0.3 is 0 Å². The van der Waals surface area contributed by atoms with E-state index in [9.17, 15) is 0 Å². The lowest BCUT2D eigenvalue weighted by Crippen LogP contribution is -2.82. The number of hydrogen-bond acceptors (Lipinski definition) is 1. The largest absolute Gasteiger partial charge is 0.351 e. The molecule has 7 aromatic rings. The third kappa shape index (κ3) is 5.30. The number of benzene rings is 5. The third-order valence-corrected chi connectivity index (χ3v) is 8.11. The van der Waals surface area contributed by atoms with Crippen LogP contribution in [-0.2, 0) is 14.1 Å². The first-order chi connectivity index (χ1) is 21.0. The molecule has 0 aliphatic heterocycles. The second-order valence-corrected chi connectivity index (χ2v) is 11.0. The van der Waals surface area contributed by atoms with Gasteiger partial charge in [-0.25, -0.2) is 0 Å². The van der Waals surface area contributed by atoms with E-state index in [0.29, 0.717) is 0 Å². The van der Waals surface area contributed by atoms with E-state index in [-0.39, 0.29) is 5.84 Å². The molecule has 5 nitrogen and oxygen atoms in total. The molecule has 0 unspecified atom stereocenters. The van der Waals surface area contributed by atoms with Gasteiger partial charge < -0.3 is 9.13 Å².